The number of aromatic nitrogens is 1. The van der Waals surface area contributed by atoms with Crippen molar-refractivity contribution in [1.29, 1.82) is 0 Å². The topological polar surface area (TPSA) is 77.5 Å². The van der Waals surface area contributed by atoms with Crippen molar-refractivity contribution in [3.05, 3.63) is 23.4 Å². The molecule has 128 valence electrons. The highest BCUT2D eigenvalue weighted by molar-refractivity contribution is 5.74. The summed E-state index contributed by atoms with van der Waals surface area (Å²) in [7, 11) is 0. The molecule has 1 aliphatic heterocycles. The summed E-state index contributed by atoms with van der Waals surface area (Å²) in [4.78, 5) is 18.8. The minimum atomic E-state index is -0.526. The van der Waals surface area contributed by atoms with Crippen molar-refractivity contribution in [1.82, 2.24) is 15.6 Å². The maximum absolute atomic E-state index is 11.9. The zero-order chi connectivity index (χ0) is 16.8. The van der Waals surface area contributed by atoms with Gasteiger partial charge in [0.15, 0.2) is 0 Å². The van der Waals surface area contributed by atoms with Gasteiger partial charge < -0.3 is 20.6 Å². The Hall–Kier alpha value is -1.82. The number of urea groups is 1. The van der Waals surface area contributed by atoms with Crippen LogP contribution >= 0.6 is 0 Å². The van der Waals surface area contributed by atoms with Crippen molar-refractivity contribution >= 4 is 11.8 Å². The van der Waals surface area contributed by atoms with Gasteiger partial charge in [0.2, 0.25) is 0 Å². The number of pyridine rings is 1. The fourth-order valence-corrected chi connectivity index (χ4v) is 2.58. The molecule has 6 nitrogen and oxygen atoms in total. The lowest BCUT2D eigenvalue weighted by atomic mass is 10.1. The summed E-state index contributed by atoms with van der Waals surface area (Å²) in [6.07, 6.45) is 1.86. The number of nitrogens with zero attached hydrogens (tertiary/aromatic N) is 2. The van der Waals surface area contributed by atoms with Gasteiger partial charge in [-0.2, -0.15) is 0 Å². The third-order valence-electron chi connectivity index (χ3n) is 4.18. The van der Waals surface area contributed by atoms with E-state index in [2.05, 4.69) is 20.5 Å². The number of amides is 2. The largest absolute Gasteiger partial charge is 0.391 e. The van der Waals surface area contributed by atoms with Crippen LogP contribution in [0.5, 0.6) is 0 Å². The first-order valence-corrected chi connectivity index (χ1v) is 8.38. The molecule has 2 rings (SSSR count). The lowest BCUT2D eigenvalue weighted by Gasteiger charge is -2.21. The summed E-state index contributed by atoms with van der Waals surface area (Å²) < 4.78 is 0. The number of aliphatic hydroxyl groups excluding tert-OH is 1. The normalized spacial score (nSPS) is 15.8. The number of rotatable bonds is 6. The lowest BCUT2D eigenvalue weighted by molar-refractivity contribution is 0.125. The van der Waals surface area contributed by atoms with Gasteiger partial charge in [-0.05, 0) is 31.7 Å². The van der Waals surface area contributed by atoms with E-state index >= 15 is 0 Å². The molecule has 0 aromatic carbocycles. The summed E-state index contributed by atoms with van der Waals surface area (Å²) in [5, 5.41) is 15.3. The first kappa shape index (κ1) is 17.5. The van der Waals surface area contributed by atoms with E-state index in [9.17, 15) is 9.90 Å². The number of nitrogens with one attached hydrogen (secondary N) is 2. The monoisotopic (exact) mass is 320 g/mol. The van der Waals surface area contributed by atoms with Crippen LogP contribution in [0.4, 0.5) is 10.6 Å². The van der Waals surface area contributed by atoms with Crippen molar-refractivity contribution in [2.75, 3.05) is 24.5 Å². The first-order chi connectivity index (χ1) is 11.0. The van der Waals surface area contributed by atoms with E-state index in [1.807, 2.05) is 32.9 Å². The van der Waals surface area contributed by atoms with Gasteiger partial charge >= 0.3 is 6.03 Å². The van der Waals surface area contributed by atoms with Crippen LogP contribution in [0.25, 0.3) is 0 Å². The summed E-state index contributed by atoms with van der Waals surface area (Å²) in [5.41, 5.74) is 2.01. The summed E-state index contributed by atoms with van der Waals surface area (Å²) in [6.45, 7) is 8.57. The Morgan fingerprint density at radius 2 is 2.00 bits per heavy atom. The minimum absolute atomic E-state index is 0.123. The van der Waals surface area contributed by atoms with E-state index in [-0.39, 0.29) is 18.5 Å². The standard InChI is InChI=1S/C17H28N4O2/c1-12(2)15(22)11-19-17(23)18-10-14-7-6-13(3)20-16(14)21-8-4-5-9-21/h6-7,12,15,22H,4-5,8-11H2,1-3H3,(H2,18,19,23). The number of hydrogen-bond acceptors (Lipinski definition) is 4. The molecule has 0 radical (unpaired) electrons. The van der Waals surface area contributed by atoms with Crippen LogP contribution in [-0.2, 0) is 6.54 Å². The van der Waals surface area contributed by atoms with Gasteiger partial charge in [0.25, 0.3) is 0 Å². The molecule has 0 saturated carbocycles. The third-order valence-corrected chi connectivity index (χ3v) is 4.18. The van der Waals surface area contributed by atoms with E-state index in [0.29, 0.717) is 6.54 Å². The number of hydrogen-bond donors (Lipinski definition) is 3. The van der Waals surface area contributed by atoms with Crippen molar-refractivity contribution in [3.63, 3.8) is 0 Å². The predicted octanol–water partition coefficient (Wildman–Crippen LogP) is 1.81. The smallest absolute Gasteiger partial charge is 0.315 e. The molecule has 1 saturated heterocycles. The summed E-state index contributed by atoms with van der Waals surface area (Å²) in [6, 6.07) is 3.73. The van der Waals surface area contributed by atoms with Gasteiger partial charge in [-0.1, -0.05) is 19.9 Å². The minimum Gasteiger partial charge on any atom is -0.391 e. The lowest BCUT2D eigenvalue weighted by Crippen LogP contribution is -2.41. The van der Waals surface area contributed by atoms with Crippen molar-refractivity contribution in [3.8, 4) is 0 Å². The van der Waals surface area contributed by atoms with Crippen LogP contribution in [-0.4, -0.2) is 41.9 Å². The Labute approximate surface area is 138 Å². The number of carbonyl (C=O) groups excluding carboxylic acids is 1. The number of aryl methyl sites for hydroxylation is 1. The third kappa shape index (κ3) is 5.10. The molecule has 1 aromatic rings. The molecule has 1 unspecified atom stereocenters. The quantitative estimate of drug-likeness (QED) is 0.747. The van der Waals surface area contributed by atoms with Crippen LogP contribution in [0, 0.1) is 12.8 Å². The second-order valence-corrected chi connectivity index (χ2v) is 6.50. The maximum atomic E-state index is 11.9. The first-order valence-electron chi connectivity index (χ1n) is 8.38. The fourth-order valence-electron chi connectivity index (χ4n) is 2.58. The van der Waals surface area contributed by atoms with Crippen LogP contribution in [0.15, 0.2) is 12.1 Å². The highest BCUT2D eigenvalue weighted by Crippen LogP contribution is 2.22. The van der Waals surface area contributed by atoms with E-state index in [4.69, 9.17) is 0 Å². The molecule has 2 amide bonds. The highest BCUT2D eigenvalue weighted by atomic mass is 16.3. The molecular formula is C17H28N4O2. The Balaban J connectivity index is 1.91. The molecule has 1 fully saturated rings. The molecule has 2 heterocycles. The van der Waals surface area contributed by atoms with Gasteiger partial charge in [-0.3, -0.25) is 0 Å². The van der Waals surface area contributed by atoms with E-state index < -0.39 is 6.10 Å². The Kier molecular flexibility index (Phi) is 6.21. The number of aliphatic hydroxyl groups is 1. The molecule has 1 aliphatic rings. The van der Waals surface area contributed by atoms with Gasteiger partial charge in [0.1, 0.15) is 5.82 Å². The van der Waals surface area contributed by atoms with E-state index in [1.165, 1.54) is 12.8 Å². The van der Waals surface area contributed by atoms with Gasteiger partial charge in [-0.15, -0.1) is 0 Å². The van der Waals surface area contributed by atoms with Crippen LogP contribution in [0.3, 0.4) is 0 Å². The Morgan fingerprint density at radius 1 is 1.30 bits per heavy atom. The van der Waals surface area contributed by atoms with Gasteiger partial charge in [0, 0.05) is 37.4 Å². The van der Waals surface area contributed by atoms with Gasteiger partial charge in [-0.25, -0.2) is 9.78 Å². The van der Waals surface area contributed by atoms with Crippen LogP contribution in [0.1, 0.15) is 37.9 Å². The number of anilines is 1. The Bertz CT molecular complexity index is 527. The fraction of sp³-hybridized carbons (Fsp3) is 0.647. The second kappa shape index (κ2) is 8.15. The summed E-state index contributed by atoms with van der Waals surface area (Å²) >= 11 is 0. The molecule has 0 spiro atoms. The maximum Gasteiger partial charge on any atom is 0.315 e. The predicted molar refractivity (Wildman–Crippen MR) is 91.5 cm³/mol. The van der Waals surface area contributed by atoms with Gasteiger partial charge in [0.05, 0.1) is 6.10 Å². The molecule has 6 heteroatoms. The zero-order valence-corrected chi connectivity index (χ0v) is 14.3. The molecule has 0 bridgehead atoms. The molecule has 23 heavy (non-hydrogen) atoms. The average molecular weight is 320 g/mol. The Morgan fingerprint density at radius 3 is 2.65 bits per heavy atom. The second-order valence-electron chi connectivity index (χ2n) is 6.50. The van der Waals surface area contributed by atoms with Crippen LogP contribution in [0.2, 0.25) is 0 Å². The molecule has 3 N–H and O–H groups in total. The summed E-state index contributed by atoms with van der Waals surface area (Å²) in [5.74, 6) is 1.10. The molecule has 1 atom stereocenters. The zero-order valence-electron chi connectivity index (χ0n) is 14.3. The average Bonchev–Trinajstić information content (AvgIpc) is 3.05. The van der Waals surface area contributed by atoms with E-state index in [1.54, 1.807) is 0 Å². The number of carbonyl (C=O) groups is 1. The van der Waals surface area contributed by atoms with Crippen LogP contribution < -0.4 is 15.5 Å². The van der Waals surface area contributed by atoms with Crippen molar-refractivity contribution < 1.29 is 9.90 Å². The molecule has 0 aliphatic carbocycles. The van der Waals surface area contributed by atoms with E-state index in [0.717, 1.165) is 30.2 Å². The highest BCUT2D eigenvalue weighted by Gasteiger charge is 2.18. The van der Waals surface area contributed by atoms with Crippen molar-refractivity contribution in [2.24, 2.45) is 5.92 Å². The van der Waals surface area contributed by atoms with Crippen molar-refractivity contribution in [2.45, 2.75) is 46.3 Å². The molecule has 1 aromatic heterocycles. The SMILES string of the molecule is Cc1ccc(CNC(=O)NCC(O)C(C)C)c(N2CCCC2)n1. The molecular weight excluding hydrogens is 292 g/mol.